The van der Waals surface area contributed by atoms with Crippen LogP contribution in [0.15, 0.2) is 48.5 Å². The SMILES string of the molecule is CCCCCCCCOC(=O)c1ccc(OCCOc2ccc(CCCC)cc2)cc1. The van der Waals surface area contributed by atoms with E-state index in [9.17, 15) is 4.79 Å². The van der Waals surface area contributed by atoms with Crippen molar-refractivity contribution in [2.75, 3.05) is 19.8 Å². The molecule has 4 nitrogen and oxygen atoms in total. The number of hydrogen-bond acceptors (Lipinski definition) is 4. The number of carbonyl (C=O) groups excluding carboxylic acids is 1. The minimum Gasteiger partial charge on any atom is -0.490 e. The van der Waals surface area contributed by atoms with Crippen LogP contribution < -0.4 is 9.47 Å². The molecule has 0 fully saturated rings. The topological polar surface area (TPSA) is 44.8 Å². The summed E-state index contributed by atoms with van der Waals surface area (Å²) in [6.45, 7) is 5.81. The van der Waals surface area contributed by atoms with E-state index in [1.807, 2.05) is 12.1 Å². The maximum absolute atomic E-state index is 12.1. The van der Waals surface area contributed by atoms with Crippen molar-refractivity contribution >= 4 is 5.97 Å². The first-order valence-corrected chi connectivity index (χ1v) is 11.8. The molecule has 0 aromatic heterocycles. The van der Waals surface area contributed by atoms with Crippen molar-refractivity contribution in [2.24, 2.45) is 0 Å². The molecule has 2 aromatic rings. The van der Waals surface area contributed by atoms with Crippen molar-refractivity contribution in [2.45, 2.75) is 71.6 Å². The van der Waals surface area contributed by atoms with Gasteiger partial charge in [-0.15, -0.1) is 0 Å². The molecule has 31 heavy (non-hydrogen) atoms. The fourth-order valence-electron chi connectivity index (χ4n) is 3.27. The molecule has 0 aliphatic heterocycles. The summed E-state index contributed by atoms with van der Waals surface area (Å²) in [5.74, 6) is 1.30. The number of carbonyl (C=O) groups is 1. The summed E-state index contributed by atoms with van der Waals surface area (Å²) < 4.78 is 16.8. The Hall–Kier alpha value is -2.49. The minimum absolute atomic E-state index is 0.272. The third kappa shape index (κ3) is 10.4. The van der Waals surface area contributed by atoms with Crippen LogP contribution in [0.5, 0.6) is 11.5 Å². The Morgan fingerprint density at radius 2 is 1.19 bits per heavy atom. The van der Waals surface area contributed by atoms with E-state index in [-0.39, 0.29) is 5.97 Å². The second-order valence-electron chi connectivity index (χ2n) is 7.87. The lowest BCUT2D eigenvalue weighted by Crippen LogP contribution is -2.09. The van der Waals surface area contributed by atoms with Gasteiger partial charge in [-0.1, -0.05) is 64.5 Å². The van der Waals surface area contributed by atoms with Crippen LogP contribution in [0.25, 0.3) is 0 Å². The van der Waals surface area contributed by atoms with Crippen LogP contribution in [0.2, 0.25) is 0 Å². The molecular formula is C27H38O4. The highest BCUT2D eigenvalue weighted by Gasteiger charge is 2.07. The summed E-state index contributed by atoms with van der Waals surface area (Å²) in [7, 11) is 0. The van der Waals surface area contributed by atoms with Gasteiger partial charge in [-0.3, -0.25) is 0 Å². The van der Waals surface area contributed by atoms with E-state index >= 15 is 0 Å². The third-order valence-corrected chi connectivity index (χ3v) is 5.18. The number of benzene rings is 2. The first-order valence-electron chi connectivity index (χ1n) is 11.8. The smallest absolute Gasteiger partial charge is 0.338 e. The van der Waals surface area contributed by atoms with Crippen LogP contribution in [0.3, 0.4) is 0 Å². The Balaban J connectivity index is 1.60. The Labute approximate surface area is 187 Å². The molecule has 2 rings (SSSR count). The summed E-state index contributed by atoms with van der Waals surface area (Å²) in [4.78, 5) is 12.1. The van der Waals surface area contributed by atoms with E-state index < -0.39 is 0 Å². The van der Waals surface area contributed by atoms with Crippen LogP contribution in [0.4, 0.5) is 0 Å². The molecule has 4 heteroatoms. The van der Waals surface area contributed by atoms with Gasteiger partial charge in [-0.05, 0) is 61.2 Å². The van der Waals surface area contributed by atoms with Gasteiger partial charge in [0, 0.05) is 0 Å². The van der Waals surface area contributed by atoms with Crippen molar-refractivity contribution in [1.29, 1.82) is 0 Å². The van der Waals surface area contributed by atoms with Crippen molar-refractivity contribution in [1.82, 2.24) is 0 Å². The van der Waals surface area contributed by atoms with Gasteiger partial charge < -0.3 is 14.2 Å². The van der Waals surface area contributed by atoms with Crippen molar-refractivity contribution in [3.8, 4) is 11.5 Å². The maximum Gasteiger partial charge on any atom is 0.338 e. The van der Waals surface area contributed by atoms with E-state index in [1.165, 1.54) is 44.1 Å². The van der Waals surface area contributed by atoms with Gasteiger partial charge in [-0.2, -0.15) is 0 Å². The normalized spacial score (nSPS) is 10.6. The third-order valence-electron chi connectivity index (χ3n) is 5.18. The highest BCUT2D eigenvalue weighted by Crippen LogP contribution is 2.16. The van der Waals surface area contributed by atoms with Crippen LogP contribution in [-0.4, -0.2) is 25.8 Å². The molecule has 170 valence electrons. The van der Waals surface area contributed by atoms with Gasteiger partial charge in [0.15, 0.2) is 0 Å². The van der Waals surface area contributed by atoms with Crippen molar-refractivity contribution in [3.63, 3.8) is 0 Å². The van der Waals surface area contributed by atoms with Crippen LogP contribution in [0.1, 0.15) is 81.1 Å². The lowest BCUT2D eigenvalue weighted by Gasteiger charge is -2.10. The summed E-state index contributed by atoms with van der Waals surface area (Å²) in [6.07, 6.45) is 10.6. The van der Waals surface area contributed by atoms with E-state index in [4.69, 9.17) is 14.2 Å². The minimum atomic E-state index is -0.272. The predicted molar refractivity (Wildman–Crippen MR) is 126 cm³/mol. The van der Waals surface area contributed by atoms with E-state index in [2.05, 4.69) is 26.0 Å². The van der Waals surface area contributed by atoms with Crippen LogP contribution >= 0.6 is 0 Å². The van der Waals surface area contributed by atoms with Crippen molar-refractivity contribution in [3.05, 3.63) is 59.7 Å². The zero-order chi connectivity index (χ0) is 22.2. The summed E-state index contributed by atoms with van der Waals surface area (Å²) in [6, 6.07) is 15.3. The Morgan fingerprint density at radius 1 is 0.645 bits per heavy atom. The molecule has 0 N–H and O–H groups in total. The molecule has 0 unspecified atom stereocenters. The van der Waals surface area contributed by atoms with Crippen molar-refractivity contribution < 1.29 is 19.0 Å². The van der Waals surface area contributed by atoms with Crippen LogP contribution in [0, 0.1) is 0 Å². The quantitative estimate of drug-likeness (QED) is 0.214. The second kappa shape index (κ2) is 15.3. The van der Waals surface area contributed by atoms with E-state index in [0.29, 0.717) is 31.1 Å². The Bertz CT molecular complexity index is 722. The predicted octanol–water partition coefficient (Wildman–Crippen LogP) is 7.00. The molecule has 0 aliphatic carbocycles. The number of ether oxygens (including phenoxy) is 3. The molecule has 0 saturated carbocycles. The molecule has 0 aliphatic rings. The first-order chi connectivity index (χ1) is 15.2. The zero-order valence-corrected chi connectivity index (χ0v) is 19.2. The fourth-order valence-corrected chi connectivity index (χ4v) is 3.27. The summed E-state index contributed by atoms with van der Waals surface area (Å²) >= 11 is 0. The molecule has 2 aromatic carbocycles. The van der Waals surface area contributed by atoms with Gasteiger partial charge in [0.05, 0.1) is 12.2 Å². The lowest BCUT2D eigenvalue weighted by atomic mass is 10.1. The largest absolute Gasteiger partial charge is 0.490 e. The van der Waals surface area contributed by atoms with Gasteiger partial charge >= 0.3 is 5.97 Å². The Morgan fingerprint density at radius 3 is 1.81 bits per heavy atom. The molecule has 0 radical (unpaired) electrons. The molecule has 0 spiro atoms. The monoisotopic (exact) mass is 426 g/mol. The number of rotatable bonds is 16. The van der Waals surface area contributed by atoms with Gasteiger partial charge in [0.2, 0.25) is 0 Å². The number of hydrogen-bond donors (Lipinski definition) is 0. The standard InChI is InChI=1S/C27H38O4/c1-3-5-7-8-9-10-20-31-27(28)24-14-18-26(19-15-24)30-22-21-29-25-16-12-23(13-17-25)11-6-4-2/h12-19H,3-11,20-22H2,1-2H3. The molecule has 0 bridgehead atoms. The zero-order valence-electron chi connectivity index (χ0n) is 19.2. The highest BCUT2D eigenvalue weighted by molar-refractivity contribution is 5.89. The number of esters is 1. The Kier molecular flexibility index (Phi) is 12.3. The summed E-state index contributed by atoms with van der Waals surface area (Å²) in [5, 5.41) is 0. The number of aryl methyl sites for hydroxylation is 1. The van der Waals surface area contributed by atoms with Gasteiger partial charge in [0.25, 0.3) is 0 Å². The first kappa shape index (κ1) is 24.8. The number of unbranched alkanes of at least 4 members (excludes halogenated alkanes) is 6. The van der Waals surface area contributed by atoms with Gasteiger partial charge in [-0.25, -0.2) is 4.79 Å². The summed E-state index contributed by atoms with van der Waals surface area (Å²) in [5.41, 5.74) is 1.90. The molecule has 0 amide bonds. The second-order valence-corrected chi connectivity index (χ2v) is 7.87. The molecular weight excluding hydrogens is 388 g/mol. The molecule has 0 saturated heterocycles. The van der Waals surface area contributed by atoms with Crippen LogP contribution in [-0.2, 0) is 11.2 Å². The lowest BCUT2D eigenvalue weighted by molar-refractivity contribution is 0.0497. The maximum atomic E-state index is 12.1. The van der Waals surface area contributed by atoms with Gasteiger partial charge in [0.1, 0.15) is 24.7 Å². The average Bonchev–Trinajstić information content (AvgIpc) is 2.81. The fraction of sp³-hybridized carbons (Fsp3) is 0.519. The average molecular weight is 427 g/mol. The van der Waals surface area contributed by atoms with E-state index in [1.54, 1.807) is 24.3 Å². The molecule has 0 heterocycles. The highest BCUT2D eigenvalue weighted by atomic mass is 16.5. The van der Waals surface area contributed by atoms with E-state index in [0.717, 1.165) is 25.0 Å². The molecule has 0 atom stereocenters.